The van der Waals surface area contributed by atoms with Gasteiger partial charge in [-0.15, -0.1) is 0 Å². The van der Waals surface area contributed by atoms with Gasteiger partial charge in [0.25, 0.3) is 0 Å². The number of ether oxygens (including phenoxy) is 6. The summed E-state index contributed by atoms with van der Waals surface area (Å²) < 4.78 is 33.9. The van der Waals surface area contributed by atoms with Crippen LogP contribution in [0.3, 0.4) is 0 Å². The molecule has 0 saturated heterocycles. The molecule has 1 aliphatic rings. The standard InChI is InChI=1S/C33H30O8/c1-5-39-28(34)20-40-31-26-9-7-6-8-25(26)30-27(29(31)32(35)38-4)18-19-33(41-30,21-10-14-23(36-2)15-11-21)22-12-16-24(37-3)17-13-22/h6-19H,5,20H2,1-4H3. The van der Waals surface area contributed by atoms with Crippen LogP contribution in [0.5, 0.6) is 23.0 Å². The zero-order valence-electron chi connectivity index (χ0n) is 23.3. The monoisotopic (exact) mass is 554 g/mol. The number of carbonyl (C=O) groups is 2. The summed E-state index contributed by atoms with van der Waals surface area (Å²) in [5.41, 5.74) is 1.26. The van der Waals surface area contributed by atoms with E-state index in [1.165, 1.54) is 7.11 Å². The van der Waals surface area contributed by atoms with Crippen LogP contribution in [0.4, 0.5) is 0 Å². The molecule has 4 aromatic rings. The summed E-state index contributed by atoms with van der Waals surface area (Å²) >= 11 is 0. The summed E-state index contributed by atoms with van der Waals surface area (Å²) in [7, 11) is 4.53. The summed E-state index contributed by atoms with van der Waals surface area (Å²) in [6.45, 7) is 1.56. The Kier molecular flexibility index (Phi) is 7.83. The Labute approximate surface area is 238 Å². The first-order valence-corrected chi connectivity index (χ1v) is 13.1. The highest BCUT2D eigenvalue weighted by atomic mass is 16.6. The fraction of sp³-hybridized carbons (Fsp3) is 0.212. The van der Waals surface area contributed by atoms with Gasteiger partial charge in [-0.05, 0) is 43.3 Å². The predicted octanol–water partition coefficient (Wildman–Crippen LogP) is 5.93. The number of hydrogen-bond donors (Lipinski definition) is 0. The molecule has 0 saturated carbocycles. The van der Waals surface area contributed by atoms with Gasteiger partial charge in [0.2, 0.25) is 0 Å². The van der Waals surface area contributed by atoms with Crippen molar-refractivity contribution in [3.8, 4) is 23.0 Å². The summed E-state index contributed by atoms with van der Waals surface area (Å²) in [5.74, 6) is 0.934. The van der Waals surface area contributed by atoms with Crippen molar-refractivity contribution in [2.75, 3.05) is 34.5 Å². The molecule has 0 radical (unpaired) electrons. The number of hydrogen-bond acceptors (Lipinski definition) is 8. The fourth-order valence-corrected chi connectivity index (χ4v) is 5.00. The highest BCUT2D eigenvalue weighted by molar-refractivity contribution is 6.09. The van der Waals surface area contributed by atoms with Crippen molar-refractivity contribution in [3.05, 3.63) is 101 Å². The van der Waals surface area contributed by atoms with Crippen LogP contribution in [0, 0.1) is 0 Å². The van der Waals surface area contributed by atoms with E-state index < -0.39 is 17.5 Å². The number of esters is 2. The first kappa shape index (κ1) is 27.6. The molecule has 8 heteroatoms. The Morgan fingerprint density at radius 1 is 0.805 bits per heavy atom. The van der Waals surface area contributed by atoms with Gasteiger partial charge < -0.3 is 28.4 Å². The molecule has 1 aliphatic heterocycles. The second-order valence-electron chi connectivity index (χ2n) is 9.21. The minimum atomic E-state index is -1.06. The molecule has 0 aromatic heterocycles. The molecule has 0 N–H and O–H groups in total. The van der Waals surface area contributed by atoms with Gasteiger partial charge in [-0.25, -0.2) is 9.59 Å². The van der Waals surface area contributed by atoms with E-state index in [2.05, 4.69) is 0 Å². The number of fused-ring (bicyclic) bond motifs is 3. The lowest BCUT2D eigenvalue weighted by molar-refractivity contribution is -0.145. The van der Waals surface area contributed by atoms with Gasteiger partial charge in [-0.2, -0.15) is 0 Å². The highest BCUT2D eigenvalue weighted by Gasteiger charge is 2.40. The van der Waals surface area contributed by atoms with Crippen LogP contribution in [0.1, 0.15) is 34.0 Å². The summed E-state index contributed by atoms with van der Waals surface area (Å²) in [6.07, 6.45) is 3.73. The molecule has 0 atom stereocenters. The molecule has 0 amide bonds. The molecular formula is C33H30O8. The molecule has 0 aliphatic carbocycles. The number of rotatable bonds is 9. The lowest BCUT2D eigenvalue weighted by Gasteiger charge is -2.37. The topological polar surface area (TPSA) is 89.5 Å². The summed E-state index contributed by atoms with van der Waals surface area (Å²) in [4.78, 5) is 25.4. The van der Waals surface area contributed by atoms with Crippen LogP contribution in [-0.2, 0) is 19.9 Å². The van der Waals surface area contributed by atoms with E-state index in [1.807, 2.05) is 84.9 Å². The second kappa shape index (κ2) is 11.6. The van der Waals surface area contributed by atoms with Crippen LogP contribution in [-0.4, -0.2) is 46.5 Å². The van der Waals surface area contributed by atoms with Gasteiger partial charge in [0.05, 0.1) is 27.9 Å². The van der Waals surface area contributed by atoms with Crippen molar-refractivity contribution in [1.82, 2.24) is 0 Å². The maximum Gasteiger partial charge on any atom is 0.344 e. The number of carbonyl (C=O) groups excluding carboxylic acids is 2. The minimum absolute atomic E-state index is 0.153. The molecule has 5 rings (SSSR count). The Morgan fingerprint density at radius 2 is 1.39 bits per heavy atom. The molecule has 210 valence electrons. The third-order valence-electron chi connectivity index (χ3n) is 6.97. The zero-order chi connectivity index (χ0) is 29.0. The molecule has 0 spiro atoms. The predicted molar refractivity (Wildman–Crippen MR) is 154 cm³/mol. The van der Waals surface area contributed by atoms with Gasteiger partial charge >= 0.3 is 11.9 Å². The van der Waals surface area contributed by atoms with Gasteiger partial charge in [0.15, 0.2) is 12.2 Å². The largest absolute Gasteiger partial charge is 0.497 e. The summed E-state index contributed by atoms with van der Waals surface area (Å²) in [5, 5.41) is 1.29. The van der Waals surface area contributed by atoms with E-state index in [0.717, 1.165) is 11.1 Å². The lowest BCUT2D eigenvalue weighted by atomic mass is 9.82. The molecule has 1 heterocycles. The van der Waals surface area contributed by atoms with Gasteiger partial charge in [0, 0.05) is 27.5 Å². The Hall–Kier alpha value is -4.98. The van der Waals surface area contributed by atoms with Crippen LogP contribution in [0.25, 0.3) is 16.8 Å². The van der Waals surface area contributed by atoms with Gasteiger partial charge in [-0.3, -0.25) is 0 Å². The van der Waals surface area contributed by atoms with E-state index in [-0.39, 0.29) is 24.5 Å². The molecule has 0 bridgehead atoms. The van der Waals surface area contributed by atoms with Crippen LogP contribution in [0.15, 0.2) is 78.9 Å². The van der Waals surface area contributed by atoms with Crippen molar-refractivity contribution in [2.24, 2.45) is 0 Å². The van der Waals surface area contributed by atoms with Crippen molar-refractivity contribution >= 4 is 28.8 Å². The van der Waals surface area contributed by atoms with E-state index >= 15 is 0 Å². The first-order chi connectivity index (χ1) is 19.9. The fourth-order valence-electron chi connectivity index (χ4n) is 5.00. The van der Waals surface area contributed by atoms with Crippen LogP contribution in [0.2, 0.25) is 0 Å². The van der Waals surface area contributed by atoms with Crippen molar-refractivity contribution in [3.63, 3.8) is 0 Å². The first-order valence-electron chi connectivity index (χ1n) is 13.1. The minimum Gasteiger partial charge on any atom is -0.497 e. The van der Waals surface area contributed by atoms with E-state index in [0.29, 0.717) is 33.6 Å². The SMILES string of the molecule is CCOC(=O)COc1c(C(=O)OC)c2c(c3ccccc13)OC(c1ccc(OC)cc1)(c1ccc(OC)cc1)C=C2. The zero-order valence-corrected chi connectivity index (χ0v) is 23.3. The smallest absolute Gasteiger partial charge is 0.344 e. The average molecular weight is 555 g/mol. The van der Waals surface area contributed by atoms with Crippen LogP contribution >= 0.6 is 0 Å². The van der Waals surface area contributed by atoms with Gasteiger partial charge in [0.1, 0.15) is 28.6 Å². The Bertz CT molecular complexity index is 1560. The number of benzene rings is 4. The molecule has 4 aromatic carbocycles. The van der Waals surface area contributed by atoms with Crippen molar-refractivity contribution in [1.29, 1.82) is 0 Å². The van der Waals surface area contributed by atoms with E-state index in [4.69, 9.17) is 28.4 Å². The van der Waals surface area contributed by atoms with Crippen molar-refractivity contribution < 1.29 is 38.0 Å². The highest BCUT2D eigenvalue weighted by Crippen LogP contribution is 2.49. The average Bonchev–Trinajstić information content (AvgIpc) is 3.03. The molecule has 8 nitrogen and oxygen atoms in total. The Balaban J connectivity index is 1.75. The summed E-state index contributed by atoms with van der Waals surface area (Å²) in [6, 6.07) is 22.7. The maximum absolute atomic E-state index is 13.2. The second-order valence-corrected chi connectivity index (χ2v) is 9.21. The maximum atomic E-state index is 13.2. The third-order valence-corrected chi connectivity index (χ3v) is 6.97. The lowest BCUT2D eigenvalue weighted by Crippen LogP contribution is -2.34. The quantitative estimate of drug-likeness (QED) is 0.235. The molecular weight excluding hydrogens is 524 g/mol. The molecule has 41 heavy (non-hydrogen) atoms. The van der Waals surface area contributed by atoms with Gasteiger partial charge in [-0.1, -0.05) is 48.5 Å². The van der Waals surface area contributed by atoms with E-state index in [1.54, 1.807) is 21.1 Å². The van der Waals surface area contributed by atoms with Crippen LogP contribution < -0.4 is 18.9 Å². The molecule has 0 unspecified atom stereocenters. The third kappa shape index (κ3) is 5.04. The number of methoxy groups -OCH3 is 3. The normalized spacial score (nSPS) is 13.1. The molecule has 0 fully saturated rings. The van der Waals surface area contributed by atoms with E-state index in [9.17, 15) is 9.59 Å². The van der Waals surface area contributed by atoms with Crippen molar-refractivity contribution in [2.45, 2.75) is 12.5 Å². The Morgan fingerprint density at radius 3 is 1.93 bits per heavy atom.